The van der Waals surface area contributed by atoms with Crippen LogP contribution in [0.15, 0.2) is 30.3 Å². The molecule has 0 bridgehead atoms. The Morgan fingerprint density at radius 1 is 1.07 bits per heavy atom. The van der Waals surface area contributed by atoms with Gasteiger partial charge in [-0.3, -0.25) is 9.59 Å². The highest BCUT2D eigenvalue weighted by Gasteiger charge is 2.35. The first-order valence-electron chi connectivity index (χ1n) is 10.3. The lowest BCUT2D eigenvalue weighted by Gasteiger charge is -2.39. The molecule has 0 heterocycles. The Morgan fingerprint density at radius 2 is 1.70 bits per heavy atom. The fraction of sp³-hybridized carbons (Fsp3) is 0.636. The van der Waals surface area contributed by atoms with E-state index in [-0.39, 0.29) is 23.8 Å². The van der Waals surface area contributed by atoms with Crippen molar-refractivity contribution in [2.75, 3.05) is 18.5 Å². The molecule has 3 rings (SSSR count). The van der Waals surface area contributed by atoms with Gasteiger partial charge in [0.1, 0.15) is 0 Å². The summed E-state index contributed by atoms with van der Waals surface area (Å²) in [7, 11) is 1.91. The number of rotatable bonds is 6. The van der Waals surface area contributed by atoms with E-state index in [4.69, 9.17) is 5.73 Å². The lowest BCUT2D eigenvalue weighted by atomic mass is 9.78. The van der Waals surface area contributed by atoms with Gasteiger partial charge in [0, 0.05) is 32.2 Å². The van der Waals surface area contributed by atoms with Gasteiger partial charge in [0.05, 0.1) is 6.04 Å². The summed E-state index contributed by atoms with van der Waals surface area (Å²) < 4.78 is 0. The third-order valence-electron chi connectivity index (χ3n) is 6.54. The van der Waals surface area contributed by atoms with Crippen molar-refractivity contribution in [1.29, 1.82) is 0 Å². The summed E-state index contributed by atoms with van der Waals surface area (Å²) in [5.41, 5.74) is 7.30. The Hall–Kier alpha value is -1.88. The number of amides is 2. The molecule has 1 atom stereocenters. The van der Waals surface area contributed by atoms with Crippen molar-refractivity contribution >= 4 is 17.5 Å². The quantitative estimate of drug-likeness (QED) is 0.835. The summed E-state index contributed by atoms with van der Waals surface area (Å²) in [5, 5.41) is 0. The van der Waals surface area contributed by atoms with Gasteiger partial charge in [0.25, 0.3) is 0 Å². The molecule has 2 N–H and O–H groups in total. The first-order valence-corrected chi connectivity index (χ1v) is 10.3. The highest BCUT2D eigenvalue weighted by atomic mass is 16.2. The predicted molar refractivity (Wildman–Crippen MR) is 108 cm³/mol. The molecule has 0 aliphatic heterocycles. The second-order valence-electron chi connectivity index (χ2n) is 8.31. The van der Waals surface area contributed by atoms with Crippen molar-refractivity contribution in [2.45, 2.75) is 64.0 Å². The van der Waals surface area contributed by atoms with E-state index in [0.717, 1.165) is 50.8 Å². The molecule has 0 unspecified atom stereocenters. The van der Waals surface area contributed by atoms with Crippen LogP contribution < -0.4 is 10.6 Å². The summed E-state index contributed by atoms with van der Waals surface area (Å²) in [6.45, 7) is 2.38. The van der Waals surface area contributed by atoms with Crippen molar-refractivity contribution in [3.05, 3.63) is 30.3 Å². The van der Waals surface area contributed by atoms with Gasteiger partial charge in [0.2, 0.25) is 11.8 Å². The number of nitrogens with two attached hydrogens (primary N) is 1. The van der Waals surface area contributed by atoms with Crippen molar-refractivity contribution < 1.29 is 9.59 Å². The van der Waals surface area contributed by atoms with Gasteiger partial charge in [-0.25, -0.2) is 0 Å². The smallest absolute Gasteiger partial charge is 0.239 e. The number of benzene rings is 1. The molecule has 1 aromatic carbocycles. The van der Waals surface area contributed by atoms with Crippen LogP contribution in [-0.4, -0.2) is 42.4 Å². The summed E-state index contributed by atoms with van der Waals surface area (Å²) in [4.78, 5) is 28.5. The van der Waals surface area contributed by atoms with Crippen LogP contribution in [0.3, 0.4) is 0 Å². The van der Waals surface area contributed by atoms with Gasteiger partial charge in [-0.2, -0.15) is 0 Å². The van der Waals surface area contributed by atoms with E-state index in [1.807, 2.05) is 47.2 Å². The van der Waals surface area contributed by atoms with Crippen LogP contribution in [0, 0.1) is 11.8 Å². The Morgan fingerprint density at radius 3 is 2.22 bits per heavy atom. The van der Waals surface area contributed by atoms with Crippen LogP contribution in [0.5, 0.6) is 0 Å². The third kappa shape index (κ3) is 4.70. The molecular weight excluding hydrogens is 338 g/mol. The zero-order chi connectivity index (χ0) is 19.4. The van der Waals surface area contributed by atoms with Crippen molar-refractivity contribution in [1.82, 2.24) is 4.90 Å². The van der Waals surface area contributed by atoms with Crippen LogP contribution >= 0.6 is 0 Å². The van der Waals surface area contributed by atoms with Gasteiger partial charge in [0.15, 0.2) is 0 Å². The predicted octanol–water partition coefficient (Wildman–Crippen LogP) is 3.18. The third-order valence-corrected chi connectivity index (χ3v) is 6.54. The second-order valence-corrected chi connectivity index (χ2v) is 8.31. The Balaban J connectivity index is 1.52. The maximum atomic E-state index is 12.7. The molecule has 0 radical (unpaired) electrons. The number of likely N-dealkylation sites (N-methyl/N-ethyl adjacent to an activating group) is 1. The molecule has 1 aromatic rings. The average Bonchev–Trinajstić information content (AvgIpc) is 2.64. The first kappa shape index (κ1) is 19.9. The normalized spacial score (nSPS) is 24.0. The lowest BCUT2D eigenvalue weighted by Crippen LogP contribution is -2.52. The van der Waals surface area contributed by atoms with Crippen LogP contribution in [0.1, 0.15) is 51.9 Å². The van der Waals surface area contributed by atoms with Crippen molar-refractivity contribution in [3.63, 3.8) is 0 Å². The Bertz CT molecular complexity index is 636. The number of para-hydroxylation sites is 1. The first-order chi connectivity index (χ1) is 13.0. The molecule has 0 spiro atoms. The van der Waals surface area contributed by atoms with E-state index in [9.17, 15) is 9.59 Å². The van der Waals surface area contributed by atoms with E-state index in [1.54, 1.807) is 6.92 Å². The van der Waals surface area contributed by atoms with E-state index >= 15 is 0 Å². The molecule has 2 saturated carbocycles. The minimum Gasteiger partial charge on any atom is -0.341 e. The van der Waals surface area contributed by atoms with Crippen LogP contribution in [0.25, 0.3) is 0 Å². The molecule has 0 saturated heterocycles. The Kier molecular flexibility index (Phi) is 6.53. The second kappa shape index (κ2) is 8.87. The summed E-state index contributed by atoms with van der Waals surface area (Å²) in [5.74, 6) is 0.922. The number of carbonyl (C=O) groups is 2. The van der Waals surface area contributed by atoms with Crippen molar-refractivity contribution in [3.8, 4) is 0 Å². The summed E-state index contributed by atoms with van der Waals surface area (Å²) in [6, 6.07) is 9.88. The van der Waals surface area contributed by atoms with Gasteiger partial charge in [-0.1, -0.05) is 18.2 Å². The summed E-state index contributed by atoms with van der Waals surface area (Å²) >= 11 is 0. The fourth-order valence-electron chi connectivity index (χ4n) is 4.40. The molecule has 2 aliphatic carbocycles. The van der Waals surface area contributed by atoms with Crippen molar-refractivity contribution in [2.24, 2.45) is 17.6 Å². The van der Waals surface area contributed by atoms with Crippen LogP contribution in [0.4, 0.5) is 5.69 Å². The van der Waals surface area contributed by atoms with E-state index < -0.39 is 0 Å². The summed E-state index contributed by atoms with van der Waals surface area (Å²) in [6.07, 6.45) is 7.43. The number of hydrogen-bond donors (Lipinski definition) is 1. The number of anilines is 1. The largest absolute Gasteiger partial charge is 0.341 e. The monoisotopic (exact) mass is 371 g/mol. The zero-order valence-corrected chi connectivity index (χ0v) is 16.6. The molecule has 2 amide bonds. The highest BCUT2D eigenvalue weighted by molar-refractivity contribution is 5.91. The molecular formula is C22H33N3O2. The van der Waals surface area contributed by atoms with Gasteiger partial charge in [-0.15, -0.1) is 0 Å². The molecule has 27 heavy (non-hydrogen) atoms. The lowest BCUT2D eigenvalue weighted by molar-refractivity contribution is -0.136. The standard InChI is InChI=1S/C22H33N3O2/c1-16(26)25(20-7-4-3-5-8-20)15-17-11-13-18(14-12-17)21(23)22(27)24(2)19-9-6-10-19/h3-5,7-8,17-19,21H,6,9-15,23H2,1-2H3/t17?,18?,21-/m0/s1. The highest BCUT2D eigenvalue weighted by Crippen LogP contribution is 2.33. The molecule has 0 aromatic heterocycles. The zero-order valence-electron chi connectivity index (χ0n) is 16.6. The van der Waals surface area contributed by atoms with Crippen LogP contribution in [-0.2, 0) is 9.59 Å². The number of carbonyl (C=O) groups excluding carboxylic acids is 2. The van der Waals surface area contributed by atoms with Gasteiger partial charge < -0.3 is 15.5 Å². The molecule has 148 valence electrons. The fourth-order valence-corrected chi connectivity index (χ4v) is 4.40. The molecule has 2 aliphatic rings. The maximum absolute atomic E-state index is 12.7. The minimum atomic E-state index is -0.380. The number of nitrogens with zero attached hydrogens (tertiary/aromatic N) is 2. The molecule has 2 fully saturated rings. The maximum Gasteiger partial charge on any atom is 0.239 e. The topological polar surface area (TPSA) is 66.6 Å². The van der Waals surface area contributed by atoms with E-state index in [1.165, 1.54) is 6.42 Å². The molecule has 5 heteroatoms. The van der Waals surface area contributed by atoms with Gasteiger partial charge >= 0.3 is 0 Å². The number of hydrogen-bond acceptors (Lipinski definition) is 3. The van der Waals surface area contributed by atoms with E-state index in [2.05, 4.69) is 0 Å². The minimum absolute atomic E-state index is 0.0809. The van der Waals surface area contributed by atoms with Gasteiger partial charge in [-0.05, 0) is 68.9 Å². The average molecular weight is 372 g/mol. The SMILES string of the molecule is CC(=O)N(CC1CCC([C@H](N)C(=O)N(C)C2CCC2)CC1)c1ccccc1. The molecule has 5 nitrogen and oxygen atoms in total. The Labute approximate surface area is 162 Å². The van der Waals surface area contributed by atoms with E-state index in [0.29, 0.717) is 12.0 Å². The van der Waals surface area contributed by atoms with Crippen LogP contribution in [0.2, 0.25) is 0 Å².